The number of carbonyl (C=O) groups excluding carboxylic acids is 1. The van der Waals surface area contributed by atoms with Crippen LogP contribution in [0.25, 0.3) is 11.5 Å². The van der Waals surface area contributed by atoms with E-state index in [-0.39, 0.29) is 27.6 Å². The summed E-state index contributed by atoms with van der Waals surface area (Å²) >= 11 is 5.94. The van der Waals surface area contributed by atoms with Crippen LogP contribution in [0, 0.1) is 0 Å². The van der Waals surface area contributed by atoms with Gasteiger partial charge < -0.3 is 19.0 Å². The highest BCUT2D eigenvalue weighted by molar-refractivity contribution is 7.91. The van der Waals surface area contributed by atoms with Crippen LogP contribution >= 0.6 is 11.6 Å². The number of rotatable bonds is 6. The summed E-state index contributed by atoms with van der Waals surface area (Å²) in [4.78, 5) is 20.1. The van der Waals surface area contributed by atoms with Crippen LogP contribution < -0.4 is 9.64 Å². The molecule has 1 amide bonds. The number of hydrogen-bond donors (Lipinski definition) is 0. The Morgan fingerprint density at radius 2 is 1.70 bits per heavy atom. The number of hydrogen-bond acceptors (Lipinski definition) is 7. The summed E-state index contributed by atoms with van der Waals surface area (Å²) in [6.07, 6.45) is 0.431. The number of carbonyl (C=O) groups is 1. The molecule has 10 heteroatoms. The van der Waals surface area contributed by atoms with Crippen LogP contribution in [0.3, 0.4) is 0 Å². The molecule has 0 aliphatic carbocycles. The Balaban J connectivity index is 1.74. The second kappa shape index (κ2) is 9.44. The molecule has 4 rings (SSSR count). The summed E-state index contributed by atoms with van der Waals surface area (Å²) in [6.45, 7) is 3.65. The first-order chi connectivity index (χ1) is 15.8. The minimum atomic E-state index is -3.98. The van der Waals surface area contributed by atoms with Crippen molar-refractivity contribution < 1.29 is 22.4 Å². The number of amides is 1. The number of sulfone groups is 1. The summed E-state index contributed by atoms with van der Waals surface area (Å²) in [7, 11) is -2.41. The maximum atomic E-state index is 13.5. The van der Waals surface area contributed by atoms with Crippen molar-refractivity contribution in [3.8, 4) is 17.2 Å². The van der Waals surface area contributed by atoms with Crippen molar-refractivity contribution in [2.75, 3.05) is 38.2 Å². The van der Waals surface area contributed by atoms with Gasteiger partial charge in [-0.05, 0) is 48.5 Å². The Morgan fingerprint density at radius 1 is 1.06 bits per heavy atom. The highest BCUT2D eigenvalue weighted by atomic mass is 35.5. The summed E-state index contributed by atoms with van der Waals surface area (Å²) in [5, 5.41) is 0.274. The molecule has 1 fully saturated rings. The fourth-order valence-corrected chi connectivity index (χ4v) is 5.09. The zero-order valence-corrected chi connectivity index (χ0v) is 19.9. The average molecular weight is 490 g/mol. The highest BCUT2D eigenvalue weighted by Crippen LogP contribution is 2.35. The van der Waals surface area contributed by atoms with Gasteiger partial charge in [-0.3, -0.25) is 4.79 Å². The number of benzene rings is 2. The van der Waals surface area contributed by atoms with E-state index in [1.165, 1.54) is 24.3 Å². The second-order valence-electron chi connectivity index (χ2n) is 7.54. The van der Waals surface area contributed by atoms with Crippen LogP contribution in [0.2, 0.25) is 5.02 Å². The van der Waals surface area contributed by atoms with Crippen LogP contribution in [-0.4, -0.2) is 57.5 Å². The normalized spacial score (nSPS) is 14.4. The Morgan fingerprint density at radius 3 is 2.27 bits per heavy atom. The standard InChI is InChI=1S/C23H24ClN3O5S/c1-3-20(28)26-12-14-27(15-13-26)23-22(33(29,30)19-10-6-17(24)7-11-19)25-21(32-23)16-4-8-18(31-2)9-5-16/h4-11H,3,12-15H2,1-2H3. The van der Waals surface area contributed by atoms with E-state index >= 15 is 0 Å². The molecule has 174 valence electrons. The van der Waals surface area contributed by atoms with Gasteiger partial charge in [0.05, 0.1) is 12.0 Å². The Kier molecular flexibility index (Phi) is 6.62. The molecule has 0 saturated carbocycles. The van der Waals surface area contributed by atoms with Gasteiger partial charge in [0, 0.05) is 43.2 Å². The first kappa shape index (κ1) is 23.1. The largest absolute Gasteiger partial charge is 0.497 e. The maximum absolute atomic E-state index is 13.5. The molecule has 1 aliphatic heterocycles. The molecule has 1 aromatic heterocycles. The Hall–Kier alpha value is -3.04. The van der Waals surface area contributed by atoms with Gasteiger partial charge in [-0.2, -0.15) is 4.98 Å². The summed E-state index contributed by atoms with van der Waals surface area (Å²) in [6, 6.07) is 12.9. The zero-order chi connectivity index (χ0) is 23.6. The number of nitrogens with zero attached hydrogens (tertiary/aromatic N) is 3. The van der Waals surface area contributed by atoms with E-state index < -0.39 is 9.84 Å². The van der Waals surface area contributed by atoms with Crippen LogP contribution in [0.5, 0.6) is 5.75 Å². The number of oxazole rings is 1. The third kappa shape index (κ3) is 4.69. The van der Waals surface area contributed by atoms with Gasteiger partial charge in [0.15, 0.2) is 0 Å². The minimum absolute atomic E-state index is 0.0696. The lowest BCUT2D eigenvalue weighted by molar-refractivity contribution is -0.131. The lowest BCUT2D eigenvalue weighted by Gasteiger charge is -2.34. The molecular formula is C23H24ClN3O5S. The lowest BCUT2D eigenvalue weighted by Crippen LogP contribution is -2.48. The number of anilines is 1. The summed E-state index contributed by atoms with van der Waals surface area (Å²) in [5.41, 5.74) is 0.620. The van der Waals surface area contributed by atoms with Crippen molar-refractivity contribution in [3.05, 3.63) is 53.6 Å². The van der Waals surface area contributed by atoms with Gasteiger partial charge in [-0.1, -0.05) is 18.5 Å². The van der Waals surface area contributed by atoms with Crippen LogP contribution in [-0.2, 0) is 14.6 Å². The first-order valence-corrected chi connectivity index (χ1v) is 12.4. The van der Waals surface area contributed by atoms with E-state index in [0.29, 0.717) is 48.9 Å². The fraction of sp³-hybridized carbons (Fsp3) is 0.304. The lowest BCUT2D eigenvalue weighted by atomic mass is 10.2. The maximum Gasteiger partial charge on any atom is 0.236 e. The third-order valence-electron chi connectivity index (χ3n) is 5.52. The van der Waals surface area contributed by atoms with Gasteiger partial charge in [0.25, 0.3) is 0 Å². The Labute approximate surface area is 197 Å². The highest BCUT2D eigenvalue weighted by Gasteiger charge is 2.33. The molecule has 0 unspecified atom stereocenters. The third-order valence-corrected chi connectivity index (χ3v) is 7.44. The van der Waals surface area contributed by atoms with Gasteiger partial charge in [0.2, 0.25) is 32.5 Å². The smallest absolute Gasteiger partial charge is 0.236 e. The van der Waals surface area contributed by atoms with Crippen LogP contribution in [0.4, 0.5) is 5.88 Å². The van der Waals surface area contributed by atoms with Crippen LogP contribution in [0.15, 0.2) is 62.9 Å². The van der Waals surface area contributed by atoms with E-state index in [2.05, 4.69) is 4.98 Å². The molecule has 0 bridgehead atoms. The molecule has 1 saturated heterocycles. The van der Waals surface area contributed by atoms with Crippen molar-refractivity contribution in [1.29, 1.82) is 0 Å². The molecular weight excluding hydrogens is 466 g/mol. The molecule has 8 nitrogen and oxygen atoms in total. The summed E-state index contributed by atoms with van der Waals surface area (Å²) in [5.74, 6) is 1.09. The van der Waals surface area contributed by atoms with Gasteiger partial charge >= 0.3 is 0 Å². The Bertz CT molecular complexity index is 1230. The van der Waals surface area contributed by atoms with E-state index in [1.54, 1.807) is 36.3 Å². The van der Waals surface area contributed by atoms with Gasteiger partial charge in [0.1, 0.15) is 5.75 Å². The molecule has 2 aromatic carbocycles. The van der Waals surface area contributed by atoms with Crippen LogP contribution in [0.1, 0.15) is 13.3 Å². The summed E-state index contributed by atoms with van der Waals surface area (Å²) < 4.78 is 38.2. The number of halogens is 1. The monoisotopic (exact) mass is 489 g/mol. The average Bonchev–Trinajstić information content (AvgIpc) is 3.30. The first-order valence-electron chi connectivity index (χ1n) is 10.5. The SMILES string of the molecule is CCC(=O)N1CCN(c2oc(-c3ccc(OC)cc3)nc2S(=O)(=O)c2ccc(Cl)cc2)CC1. The molecule has 33 heavy (non-hydrogen) atoms. The van der Waals surface area contributed by atoms with E-state index in [9.17, 15) is 13.2 Å². The molecule has 3 aromatic rings. The molecule has 0 N–H and O–H groups in total. The quantitative estimate of drug-likeness (QED) is 0.518. The number of piperazine rings is 1. The van der Waals surface area contributed by atoms with Crippen molar-refractivity contribution in [2.24, 2.45) is 0 Å². The molecule has 0 radical (unpaired) electrons. The number of aromatic nitrogens is 1. The number of methoxy groups -OCH3 is 1. The zero-order valence-electron chi connectivity index (χ0n) is 18.3. The second-order valence-corrected chi connectivity index (χ2v) is 9.84. The molecule has 1 aliphatic rings. The molecule has 0 atom stereocenters. The number of ether oxygens (including phenoxy) is 1. The van der Waals surface area contributed by atoms with E-state index in [4.69, 9.17) is 20.8 Å². The van der Waals surface area contributed by atoms with Gasteiger partial charge in [-0.25, -0.2) is 8.42 Å². The van der Waals surface area contributed by atoms with Gasteiger partial charge in [-0.15, -0.1) is 0 Å². The predicted octanol–water partition coefficient (Wildman–Crippen LogP) is 3.90. The van der Waals surface area contributed by atoms with Crippen molar-refractivity contribution in [3.63, 3.8) is 0 Å². The topological polar surface area (TPSA) is 92.9 Å². The van der Waals surface area contributed by atoms with E-state index in [0.717, 1.165) is 0 Å². The minimum Gasteiger partial charge on any atom is -0.497 e. The van der Waals surface area contributed by atoms with Crippen molar-refractivity contribution in [1.82, 2.24) is 9.88 Å². The van der Waals surface area contributed by atoms with Crippen molar-refractivity contribution >= 4 is 33.2 Å². The van der Waals surface area contributed by atoms with E-state index in [1.807, 2.05) is 11.8 Å². The predicted molar refractivity (Wildman–Crippen MR) is 124 cm³/mol. The van der Waals surface area contributed by atoms with Crippen molar-refractivity contribution in [2.45, 2.75) is 23.3 Å². The molecule has 0 spiro atoms. The fourth-order valence-electron chi connectivity index (χ4n) is 3.64. The molecule has 2 heterocycles.